The van der Waals surface area contributed by atoms with Crippen molar-refractivity contribution in [3.05, 3.63) is 48.1 Å². The van der Waals surface area contributed by atoms with Crippen molar-refractivity contribution in [2.75, 3.05) is 33.0 Å². The lowest BCUT2D eigenvalue weighted by Crippen LogP contribution is -2.64. The second-order valence-corrected chi connectivity index (χ2v) is 14.6. The van der Waals surface area contributed by atoms with Crippen molar-refractivity contribution < 1.29 is 34.1 Å². The van der Waals surface area contributed by atoms with E-state index in [1.54, 1.807) is 12.1 Å². The van der Waals surface area contributed by atoms with E-state index in [0.717, 1.165) is 61.1 Å². The fourth-order valence-electron chi connectivity index (χ4n) is 8.19. The maximum Gasteiger partial charge on any atom is 0.412 e. The Labute approximate surface area is 284 Å². The van der Waals surface area contributed by atoms with Crippen molar-refractivity contribution in [3.63, 3.8) is 0 Å². The Morgan fingerprint density at radius 1 is 1.15 bits per heavy atom. The summed E-state index contributed by atoms with van der Waals surface area (Å²) in [5.74, 6) is 0.445. The SMILES string of the molecule is C=CCO[C@@]12Oc3ccc(OC(=O)NCC)cc3[C@H]3[C@H](CCCCO)[C@@H](CCCCO)C=C(C(=NOCC)C[C@@H]1SC1CCCC1)[C@H]32. The standard InChI is InChI=1S/C37H54N2O7S/c1-4-21-43-37-33(47-27-14-7-8-15-27)24-31(39-44-6-3)29-22-25(13-9-11-19-40)28(16-10-12-20-41)34(35(29)37)30-23-26(17-18-32(30)46-37)45-36(42)38-5-2/h4,17-18,22-23,25,27-28,33-35,40-41H,1,5-16,19-21,24H2,2-3H3,(H,38,42)/t25-,28+,33-,34+,35+,37+/m0/s1. The first-order valence-corrected chi connectivity index (χ1v) is 18.7. The molecule has 0 spiro atoms. The number of thioether (sulfide) groups is 1. The molecule has 5 rings (SSSR count). The number of aliphatic hydroxyl groups excluding tert-OH is 2. The lowest BCUT2D eigenvalue weighted by atomic mass is 9.56. The first-order chi connectivity index (χ1) is 23.0. The average molecular weight is 671 g/mol. The summed E-state index contributed by atoms with van der Waals surface area (Å²) in [7, 11) is 0. The highest BCUT2D eigenvalue weighted by atomic mass is 32.2. The lowest BCUT2D eigenvalue weighted by molar-refractivity contribution is -0.223. The number of nitrogens with one attached hydrogen (secondary N) is 1. The zero-order valence-electron chi connectivity index (χ0n) is 28.2. The second-order valence-electron chi connectivity index (χ2n) is 13.1. The van der Waals surface area contributed by atoms with Crippen LogP contribution in [0, 0.1) is 17.8 Å². The van der Waals surface area contributed by atoms with Crippen molar-refractivity contribution in [1.82, 2.24) is 5.32 Å². The number of ether oxygens (including phenoxy) is 3. The minimum Gasteiger partial charge on any atom is -0.460 e. The molecule has 0 aromatic heterocycles. The van der Waals surface area contributed by atoms with Crippen LogP contribution in [-0.4, -0.2) is 71.3 Å². The maximum atomic E-state index is 12.5. The topological polar surface area (TPSA) is 119 Å². The van der Waals surface area contributed by atoms with Gasteiger partial charge in [0.15, 0.2) is 0 Å². The monoisotopic (exact) mass is 670 g/mol. The highest BCUT2D eigenvalue weighted by Gasteiger charge is 2.64. The van der Waals surface area contributed by atoms with Gasteiger partial charge in [0, 0.05) is 42.9 Å². The van der Waals surface area contributed by atoms with Crippen LogP contribution in [0.5, 0.6) is 11.5 Å². The Hall–Kier alpha value is -2.53. The van der Waals surface area contributed by atoms with Crippen LogP contribution in [-0.2, 0) is 9.57 Å². The van der Waals surface area contributed by atoms with E-state index in [-0.39, 0.29) is 42.1 Å². The molecule has 4 aliphatic rings. The minimum absolute atomic E-state index is 0.0297. The van der Waals surface area contributed by atoms with Gasteiger partial charge in [-0.05, 0) is 88.0 Å². The molecular formula is C37H54N2O7S. The molecule has 1 aromatic carbocycles. The predicted octanol–water partition coefficient (Wildman–Crippen LogP) is 7.12. The minimum atomic E-state index is -0.969. The van der Waals surface area contributed by atoms with Crippen molar-refractivity contribution >= 4 is 23.6 Å². The Bertz CT molecular complexity index is 1270. The number of carbonyl (C=O) groups is 1. The third-order valence-corrected chi connectivity index (χ3v) is 11.8. The molecule has 1 aliphatic heterocycles. The van der Waals surface area contributed by atoms with E-state index in [4.69, 9.17) is 24.2 Å². The van der Waals surface area contributed by atoms with Gasteiger partial charge in [-0.15, -0.1) is 18.3 Å². The van der Waals surface area contributed by atoms with Crippen molar-refractivity contribution in [2.45, 2.75) is 107 Å². The number of hydrogen-bond acceptors (Lipinski definition) is 9. The largest absolute Gasteiger partial charge is 0.460 e. The molecule has 0 unspecified atom stereocenters. The fraction of sp³-hybridized carbons (Fsp3) is 0.676. The molecule has 6 atom stereocenters. The fourth-order valence-corrected chi connectivity index (χ4v) is 9.97. The first-order valence-electron chi connectivity index (χ1n) is 17.8. The quantitative estimate of drug-likeness (QED) is 0.0911. The van der Waals surface area contributed by atoms with E-state index in [0.29, 0.717) is 37.2 Å². The average Bonchev–Trinajstić information content (AvgIpc) is 3.59. The van der Waals surface area contributed by atoms with E-state index >= 15 is 0 Å². The number of amides is 1. The van der Waals surface area contributed by atoms with Crippen LogP contribution in [0.3, 0.4) is 0 Å². The highest BCUT2D eigenvalue weighted by Crippen LogP contribution is 2.63. The zero-order valence-corrected chi connectivity index (χ0v) is 29.0. The highest BCUT2D eigenvalue weighted by molar-refractivity contribution is 8.00. The lowest BCUT2D eigenvalue weighted by Gasteiger charge is -2.58. The second kappa shape index (κ2) is 17.2. The van der Waals surface area contributed by atoms with Crippen molar-refractivity contribution in [3.8, 4) is 11.5 Å². The van der Waals surface area contributed by atoms with E-state index < -0.39 is 11.9 Å². The molecule has 1 amide bonds. The summed E-state index contributed by atoms with van der Waals surface area (Å²) in [4.78, 5) is 18.3. The Morgan fingerprint density at radius 3 is 2.62 bits per heavy atom. The number of unbranched alkanes of at least 4 members (excludes halogenated alkanes) is 2. The summed E-state index contributed by atoms with van der Waals surface area (Å²) in [6, 6.07) is 5.72. The van der Waals surface area contributed by atoms with Gasteiger partial charge in [-0.2, -0.15) is 0 Å². The summed E-state index contributed by atoms with van der Waals surface area (Å²) >= 11 is 1.98. The molecule has 260 valence electrons. The molecule has 9 nitrogen and oxygen atoms in total. The van der Waals surface area contributed by atoms with Gasteiger partial charge >= 0.3 is 6.09 Å². The summed E-state index contributed by atoms with van der Waals surface area (Å²) in [6.07, 6.45) is 14.3. The van der Waals surface area contributed by atoms with E-state index in [2.05, 4.69) is 18.0 Å². The summed E-state index contributed by atoms with van der Waals surface area (Å²) in [6.45, 7) is 9.44. The van der Waals surface area contributed by atoms with Gasteiger partial charge in [-0.25, -0.2) is 4.79 Å². The predicted molar refractivity (Wildman–Crippen MR) is 186 cm³/mol. The van der Waals surface area contributed by atoms with Crippen LogP contribution < -0.4 is 14.8 Å². The molecule has 10 heteroatoms. The summed E-state index contributed by atoms with van der Waals surface area (Å²) in [5, 5.41) is 27.4. The number of aliphatic hydroxyl groups is 2. The third kappa shape index (κ3) is 8.03. The molecule has 1 aromatic rings. The van der Waals surface area contributed by atoms with Gasteiger partial charge in [0.1, 0.15) is 18.1 Å². The number of benzene rings is 1. The maximum absolute atomic E-state index is 12.5. The number of fused-ring (bicyclic) bond motifs is 2. The molecule has 3 N–H and O–H groups in total. The number of carbonyl (C=O) groups excluding carboxylic acids is 1. The number of allylic oxidation sites excluding steroid dienone is 1. The zero-order chi connectivity index (χ0) is 33.2. The van der Waals surface area contributed by atoms with Gasteiger partial charge in [0.05, 0.1) is 23.5 Å². The molecule has 0 saturated heterocycles. The van der Waals surface area contributed by atoms with E-state index in [1.165, 1.54) is 25.7 Å². The molecule has 2 fully saturated rings. The van der Waals surface area contributed by atoms with Crippen LogP contribution in [0.15, 0.2) is 47.7 Å². The van der Waals surface area contributed by atoms with Crippen molar-refractivity contribution in [1.29, 1.82) is 0 Å². The number of nitrogens with zero attached hydrogens (tertiary/aromatic N) is 1. The van der Waals surface area contributed by atoms with Gasteiger partial charge in [0.2, 0.25) is 5.79 Å². The van der Waals surface area contributed by atoms with Crippen LogP contribution in [0.2, 0.25) is 0 Å². The van der Waals surface area contributed by atoms with Gasteiger partial charge in [-0.1, -0.05) is 43.0 Å². The number of oxime groups is 1. The Kier molecular flexibility index (Phi) is 13.1. The number of rotatable bonds is 17. The van der Waals surface area contributed by atoms with Gasteiger partial charge < -0.3 is 34.6 Å². The smallest absolute Gasteiger partial charge is 0.412 e. The number of hydrogen-bond donors (Lipinski definition) is 3. The van der Waals surface area contributed by atoms with E-state index in [9.17, 15) is 15.0 Å². The van der Waals surface area contributed by atoms with Crippen molar-refractivity contribution in [2.24, 2.45) is 22.9 Å². The normalized spacial score (nSPS) is 29.0. The molecule has 0 bridgehead atoms. The Balaban J connectivity index is 1.70. The van der Waals surface area contributed by atoms with Crippen LogP contribution in [0.1, 0.15) is 96.0 Å². The Morgan fingerprint density at radius 2 is 1.91 bits per heavy atom. The van der Waals surface area contributed by atoms with Crippen LogP contribution in [0.25, 0.3) is 0 Å². The first kappa shape index (κ1) is 35.8. The molecule has 0 radical (unpaired) electrons. The van der Waals surface area contributed by atoms with Gasteiger partial charge in [-0.3, -0.25) is 0 Å². The molecule has 2 saturated carbocycles. The molecule has 3 aliphatic carbocycles. The molecule has 1 heterocycles. The molecular weight excluding hydrogens is 616 g/mol. The van der Waals surface area contributed by atoms with Crippen LogP contribution >= 0.6 is 11.8 Å². The molecule has 47 heavy (non-hydrogen) atoms. The summed E-state index contributed by atoms with van der Waals surface area (Å²) < 4.78 is 19.9. The van der Waals surface area contributed by atoms with Crippen LogP contribution in [0.4, 0.5) is 4.79 Å². The van der Waals surface area contributed by atoms with Gasteiger partial charge in [0.25, 0.3) is 0 Å². The summed E-state index contributed by atoms with van der Waals surface area (Å²) in [5.41, 5.74) is 3.07. The van der Waals surface area contributed by atoms with E-state index in [1.807, 2.05) is 37.7 Å². The third-order valence-electron chi connectivity index (χ3n) is 10.1.